The molecule has 2 aromatic rings. The zero-order valence-corrected chi connectivity index (χ0v) is 13.1. The van der Waals surface area contributed by atoms with Gasteiger partial charge >= 0.3 is 0 Å². The van der Waals surface area contributed by atoms with Gasteiger partial charge in [-0.25, -0.2) is 0 Å². The van der Waals surface area contributed by atoms with Crippen LogP contribution in [0.15, 0.2) is 48.5 Å². The third-order valence-electron chi connectivity index (χ3n) is 3.99. The van der Waals surface area contributed by atoms with Crippen molar-refractivity contribution in [2.24, 2.45) is 0 Å². The highest BCUT2D eigenvalue weighted by molar-refractivity contribution is 6.34. The van der Waals surface area contributed by atoms with Crippen molar-refractivity contribution < 1.29 is 4.79 Å². The molecular weight excluding hydrogens is 296 g/mol. The van der Waals surface area contributed by atoms with E-state index in [1.165, 1.54) is 25.7 Å². The minimum absolute atomic E-state index is 0.192. The smallest absolute Gasteiger partial charge is 0.257 e. The van der Waals surface area contributed by atoms with Crippen LogP contribution in [-0.4, -0.2) is 11.9 Å². The van der Waals surface area contributed by atoms with E-state index < -0.39 is 0 Å². The summed E-state index contributed by atoms with van der Waals surface area (Å²) in [5, 5.41) is 6.85. The van der Waals surface area contributed by atoms with E-state index in [0.29, 0.717) is 16.6 Å². The molecule has 2 aromatic carbocycles. The normalized spacial score (nSPS) is 14.8. The second-order valence-corrected chi connectivity index (χ2v) is 6.04. The number of amides is 1. The zero-order valence-electron chi connectivity index (χ0n) is 12.3. The second-order valence-electron chi connectivity index (χ2n) is 5.64. The van der Waals surface area contributed by atoms with Crippen LogP contribution >= 0.6 is 11.6 Å². The Morgan fingerprint density at radius 2 is 1.59 bits per heavy atom. The van der Waals surface area contributed by atoms with E-state index in [2.05, 4.69) is 10.6 Å². The van der Waals surface area contributed by atoms with E-state index in [4.69, 9.17) is 11.6 Å². The molecule has 0 aliphatic heterocycles. The highest BCUT2D eigenvalue weighted by Gasteiger charge is 2.14. The van der Waals surface area contributed by atoms with Crippen LogP contribution in [-0.2, 0) is 0 Å². The van der Waals surface area contributed by atoms with Crippen molar-refractivity contribution in [3.05, 3.63) is 59.1 Å². The summed E-state index contributed by atoms with van der Waals surface area (Å²) in [4.78, 5) is 12.2. The molecule has 2 N–H and O–H groups in total. The molecule has 1 fully saturated rings. The van der Waals surface area contributed by atoms with E-state index in [1.807, 2.05) is 30.3 Å². The van der Waals surface area contributed by atoms with Crippen LogP contribution < -0.4 is 10.6 Å². The molecule has 0 unspecified atom stereocenters. The van der Waals surface area contributed by atoms with Gasteiger partial charge in [-0.2, -0.15) is 0 Å². The van der Waals surface area contributed by atoms with E-state index >= 15 is 0 Å². The molecule has 1 aliphatic rings. The third kappa shape index (κ3) is 3.60. The van der Waals surface area contributed by atoms with Crippen molar-refractivity contribution >= 4 is 28.9 Å². The maximum atomic E-state index is 12.2. The highest BCUT2D eigenvalue weighted by Crippen LogP contribution is 2.23. The average molecular weight is 315 g/mol. The Balaban J connectivity index is 1.63. The first-order chi connectivity index (χ1) is 10.7. The van der Waals surface area contributed by atoms with Gasteiger partial charge in [0, 0.05) is 17.4 Å². The molecule has 4 heteroatoms. The highest BCUT2D eigenvalue weighted by atomic mass is 35.5. The quantitative estimate of drug-likeness (QED) is 0.838. The number of carbonyl (C=O) groups is 1. The molecule has 0 aromatic heterocycles. The van der Waals surface area contributed by atoms with E-state index in [-0.39, 0.29) is 5.91 Å². The van der Waals surface area contributed by atoms with Crippen LogP contribution in [0.25, 0.3) is 0 Å². The standard InChI is InChI=1S/C18H19ClN2O/c19-17-8-4-3-7-16(17)18(22)21-15-11-9-14(10-12-15)20-13-5-1-2-6-13/h3-4,7-13,20H,1-2,5-6H2,(H,21,22). The Hall–Kier alpha value is -2.00. The van der Waals surface area contributed by atoms with Gasteiger partial charge in [0.1, 0.15) is 0 Å². The molecule has 0 spiro atoms. The summed E-state index contributed by atoms with van der Waals surface area (Å²) in [6.45, 7) is 0. The summed E-state index contributed by atoms with van der Waals surface area (Å²) >= 11 is 6.03. The predicted octanol–water partition coefficient (Wildman–Crippen LogP) is 4.95. The number of nitrogens with one attached hydrogen (secondary N) is 2. The van der Waals surface area contributed by atoms with Crippen molar-refractivity contribution in [2.75, 3.05) is 10.6 Å². The Labute approximate surface area is 135 Å². The number of hydrogen-bond donors (Lipinski definition) is 2. The van der Waals surface area contributed by atoms with Crippen LogP contribution in [0.1, 0.15) is 36.0 Å². The molecule has 0 heterocycles. The molecule has 3 nitrogen and oxygen atoms in total. The SMILES string of the molecule is O=C(Nc1ccc(NC2CCCC2)cc1)c1ccccc1Cl. The van der Waals surface area contributed by atoms with Gasteiger partial charge in [0.2, 0.25) is 0 Å². The van der Waals surface area contributed by atoms with Crippen molar-refractivity contribution in [1.29, 1.82) is 0 Å². The van der Waals surface area contributed by atoms with Crippen LogP contribution in [0.2, 0.25) is 5.02 Å². The minimum atomic E-state index is -0.192. The van der Waals surface area contributed by atoms with Gasteiger partial charge in [0.15, 0.2) is 0 Å². The van der Waals surface area contributed by atoms with E-state index in [1.54, 1.807) is 18.2 Å². The maximum absolute atomic E-state index is 12.2. The third-order valence-corrected chi connectivity index (χ3v) is 4.32. The first-order valence-corrected chi connectivity index (χ1v) is 8.02. The molecule has 114 valence electrons. The van der Waals surface area contributed by atoms with Crippen LogP contribution in [0.5, 0.6) is 0 Å². The van der Waals surface area contributed by atoms with Crippen molar-refractivity contribution in [3.63, 3.8) is 0 Å². The van der Waals surface area contributed by atoms with Crippen LogP contribution in [0.3, 0.4) is 0 Å². The lowest BCUT2D eigenvalue weighted by Gasteiger charge is -2.14. The van der Waals surface area contributed by atoms with E-state index in [9.17, 15) is 4.79 Å². The Morgan fingerprint density at radius 1 is 0.955 bits per heavy atom. The summed E-state index contributed by atoms with van der Waals surface area (Å²) in [5.74, 6) is -0.192. The summed E-state index contributed by atoms with van der Waals surface area (Å²) in [7, 11) is 0. The van der Waals surface area contributed by atoms with Crippen LogP contribution in [0, 0.1) is 0 Å². The summed E-state index contributed by atoms with van der Waals surface area (Å²) in [6, 6.07) is 15.4. The molecule has 0 bridgehead atoms. The number of rotatable bonds is 4. The van der Waals surface area contributed by atoms with Crippen molar-refractivity contribution in [2.45, 2.75) is 31.7 Å². The number of halogens is 1. The number of anilines is 2. The van der Waals surface area contributed by atoms with Crippen molar-refractivity contribution in [3.8, 4) is 0 Å². The molecule has 1 amide bonds. The first kappa shape index (κ1) is 14.9. The van der Waals surface area contributed by atoms with Gasteiger partial charge in [-0.05, 0) is 49.2 Å². The fraction of sp³-hybridized carbons (Fsp3) is 0.278. The molecule has 1 saturated carbocycles. The van der Waals surface area contributed by atoms with Crippen LogP contribution in [0.4, 0.5) is 11.4 Å². The summed E-state index contributed by atoms with van der Waals surface area (Å²) < 4.78 is 0. The Bertz CT molecular complexity index is 648. The molecular formula is C18H19ClN2O. The van der Waals surface area contributed by atoms with Gasteiger partial charge in [-0.15, -0.1) is 0 Å². The monoisotopic (exact) mass is 314 g/mol. The first-order valence-electron chi connectivity index (χ1n) is 7.65. The molecule has 22 heavy (non-hydrogen) atoms. The zero-order chi connectivity index (χ0) is 15.4. The summed E-state index contributed by atoms with van der Waals surface area (Å²) in [5.41, 5.74) is 2.35. The molecule has 0 saturated heterocycles. The lowest BCUT2D eigenvalue weighted by Crippen LogP contribution is -2.15. The number of hydrogen-bond acceptors (Lipinski definition) is 2. The predicted molar refractivity (Wildman–Crippen MR) is 91.7 cm³/mol. The molecule has 1 aliphatic carbocycles. The molecule has 0 atom stereocenters. The second kappa shape index (κ2) is 6.84. The Kier molecular flexibility index (Phi) is 4.64. The van der Waals surface area contributed by atoms with Gasteiger partial charge in [-0.3, -0.25) is 4.79 Å². The number of benzene rings is 2. The largest absolute Gasteiger partial charge is 0.382 e. The van der Waals surface area contributed by atoms with Crippen molar-refractivity contribution in [1.82, 2.24) is 0 Å². The fourth-order valence-electron chi connectivity index (χ4n) is 2.80. The minimum Gasteiger partial charge on any atom is -0.382 e. The average Bonchev–Trinajstić information content (AvgIpc) is 3.02. The maximum Gasteiger partial charge on any atom is 0.257 e. The molecule has 0 radical (unpaired) electrons. The fourth-order valence-corrected chi connectivity index (χ4v) is 3.02. The van der Waals surface area contributed by atoms with Gasteiger partial charge < -0.3 is 10.6 Å². The summed E-state index contributed by atoms with van der Waals surface area (Å²) in [6.07, 6.45) is 5.10. The lowest BCUT2D eigenvalue weighted by atomic mass is 10.2. The van der Waals surface area contributed by atoms with Gasteiger partial charge in [0.05, 0.1) is 10.6 Å². The molecule has 3 rings (SSSR count). The van der Waals surface area contributed by atoms with Gasteiger partial charge in [-0.1, -0.05) is 36.6 Å². The van der Waals surface area contributed by atoms with Gasteiger partial charge in [0.25, 0.3) is 5.91 Å². The van der Waals surface area contributed by atoms with E-state index in [0.717, 1.165) is 11.4 Å². The topological polar surface area (TPSA) is 41.1 Å². The number of carbonyl (C=O) groups excluding carboxylic acids is 1. The Morgan fingerprint density at radius 3 is 2.27 bits per heavy atom. The lowest BCUT2D eigenvalue weighted by molar-refractivity contribution is 0.102.